The van der Waals surface area contributed by atoms with Crippen LogP contribution >= 0.6 is 15.9 Å². The molecule has 5 rings (SSSR count). The highest BCUT2D eigenvalue weighted by Crippen LogP contribution is 2.35. The lowest BCUT2D eigenvalue weighted by atomic mass is 10.1. The standard InChI is InChI=1S/C20H19BrN4O3/c21-13-10-15-18(12-4-5-14-16(9-12)27-8-6-22-20(14)26)24-25(19(15)23-11-13)17-3-1-2-7-28-17/h4-5,9-11,17H,1-3,6-8H2,(H,22,26). The molecule has 1 amide bonds. The summed E-state index contributed by atoms with van der Waals surface area (Å²) in [5, 5.41) is 8.63. The number of nitrogens with one attached hydrogen (secondary N) is 1. The fourth-order valence-electron chi connectivity index (χ4n) is 3.73. The quantitative estimate of drug-likeness (QED) is 0.654. The van der Waals surface area contributed by atoms with E-state index in [1.54, 1.807) is 12.3 Å². The first-order valence-electron chi connectivity index (χ1n) is 9.41. The second kappa shape index (κ2) is 7.18. The molecule has 1 unspecified atom stereocenters. The molecule has 1 aromatic carbocycles. The van der Waals surface area contributed by atoms with Crippen LogP contribution in [-0.4, -0.2) is 40.4 Å². The van der Waals surface area contributed by atoms with Gasteiger partial charge in [-0.15, -0.1) is 0 Å². The van der Waals surface area contributed by atoms with Gasteiger partial charge in [0.05, 0.1) is 12.1 Å². The summed E-state index contributed by atoms with van der Waals surface area (Å²) in [6.07, 6.45) is 4.77. The Labute approximate surface area is 170 Å². The van der Waals surface area contributed by atoms with Crippen molar-refractivity contribution in [3.05, 3.63) is 40.5 Å². The number of fused-ring (bicyclic) bond motifs is 2. The highest BCUT2D eigenvalue weighted by atomic mass is 79.9. The maximum absolute atomic E-state index is 12.2. The summed E-state index contributed by atoms with van der Waals surface area (Å²) in [5.41, 5.74) is 3.01. The molecule has 8 heteroatoms. The molecule has 4 heterocycles. The number of aromatic nitrogens is 3. The van der Waals surface area contributed by atoms with E-state index in [0.717, 1.165) is 52.6 Å². The number of amides is 1. The van der Waals surface area contributed by atoms with E-state index in [4.69, 9.17) is 14.6 Å². The monoisotopic (exact) mass is 442 g/mol. The lowest BCUT2D eigenvalue weighted by Crippen LogP contribution is -2.24. The van der Waals surface area contributed by atoms with E-state index in [0.29, 0.717) is 24.5 Å². The molecule has 1 fully saturated rings. The molecule has 2 aliphatic heterocycles. The van der Waals surface area contributed by atoms with Crippen LogP contribution in [0.1, 0.15) is 35.8 Å². The van der Waals surface area contributed by atoms with Crippen LogP contribution in [0, 0.1) is 0 Å². The molecule has 0 saturated carbocycles. The highest BCUT2D eigenvalue weighted by Gasteiger charge is 2.24. The number of benzene rings is 1. The molecule has 1 saturated heterocycles. The molecule has 2 aromatic heterocycles. The van der Waals surface area contributed by atoms with Crippen LogP contribution in [0.5, 0.6) is 5.75 Å². The Bertz CT molecular complexity index is 1060. The van der Waals surface area contributed by atoms with Gasteiger partial charge in [-0.05, 0) is 53.4 Å². The van der Waals surface area contributed by atoms with Crippen molar-refractivity contribution in [1.82, 2.24) is 20.1 Å². The molecule has 1 atom stereocenters. The van der Waals surface area contributed by atoms with Crippen molar-refractivity contribution in [3.63, 3.8) is 0 Å². The van der Waals surface area contributed by atoms with Crippen molar-refractivity contribution in [2.24, 2.45) is 0 Å². The summed E-state index contributed by atoms with van der Waals surface area (Å²) in [6, 6.07) is 7.60. The van der Waals surface area contributed by atoms with Crippen molar-refractivity contribution in [3.8, 4) is 17.0 Å². The third-order valence-electron chi connectivity index (χ3n) is 5.09. The lowest BCUT2D eigenvalue weighted by Gasteiger charge is -2.23. The number of rotatable bonds is 2. The molecule has 0 bridgehead atoms. The van der Waals surface area contributed by atoms with Crippen LogP contribution in [0.15, 0.2) is 34.9 Å². The van der Waals surface area contributed by atoms with Gasteiger partial charge in [0.2, 0.25) is 0 Å². The molecule has 28 heavy (non-hydrogen) atoms. The summed E-state index contributed by atoms with van der Waals surface area (Å²) >= 11 is 3.51. The Hall–Kier alpha value is -2.45. The first-order valence-corrected chi connectivity index (χ1v) is 10.2. The average Bonchev–Trinajstić information content (AvgIpc) is 2.99. The zero-order valence-electron chi connectivity index (χ0n) is 15.2. The lowest BCUT2D eigenvalue weighted by molar-refractivity contribution is -0.0368. The number of nitrogens with zero attached hydrogens (tertiary/aromatic N) is 3. The number of hydrogen-bond donors (Lipinski definition) is 1. The fraction of sp³-hybridized carbons (Fsp3) is 0.350. The van der Waals surface area contributed by atoms with Crippen LogP contribution in [0.4, 0.5) is 0 Å². The van der Waals surface area contributed by atoms with Crippen molar-refractivity contribution < 1.29 is 14.3 Å². The van der Waals surface area contributed by atoms with Crippen LogP contribution in [-0.2, 0) is 4.74 Å². The summed E-state index contributed by atoms with van der Waals surface area (Å²) in [7, 11) is 0. The number of halogens is 1. The maximum atomic E-state index is 12.2. The van der Waals surface area contributed by atoms with E-state index in [-0.39, 0.29) is 12.1 Å². The van der Waals surface area contributed by atoms with Crippen molar-refractivity contribution in [2.45, 2.75) is 25.5 Å². The van der Waals surface area contributed by atoms with Gasteiger partial charge in [-0.25, -0.2) is 9.67 Å². The smallest absolute Gasteiger partial charge is 0.255 e. The minimum absolute atomic E-state index is 0.110. The zero-order valence-corrected chi connectivity index (χ0v) is 16.7. The predicted molar refractivity (Wildman–Crippen MR) is 107 cm³/mol. The van der Waals surface area contributed by atoms with Crippen LogP contribution < -0.4 is 10.1 Å². The second-order valence-corrected chi connectivity index (χ2v) is 7.87. The van der Waals surface area contributed by atoms with Gasteiger partial charge in [-0.3, -0.25) is 4.79 Å². The summed E-state index contributed by atoms with van der Waals surface area (Å²) < 4.78 is 14.5. The number of hydrogen-bond acceptors (Lipinski definition) is 5. The fourth-order valence-corrected chi connectivity index (χ4v) is 4.06. The van der Waals surface area contributed by atoms with Gasteiger partial charge < -0.3 is 14.8 Å². The van der Waals surface area contributed by atoms with Crippen molar-refractivity contribution in [2.75, 3.05) is 19.8 Å². The molecular weight excluding hydrogens is 424 g/mol. The molecular formula is C20H19BrN4O3. The van der Waals surface area contributed by atoms with Crippen molar-refractivity contribution in [1.29, 1.82) is 0 Å². The maximum Gasteiger partial charge on any atom is 0.255 e. The van der Waals surface area contributed by atoms with Gasteiger partial charge >= 0.3 is 0 Å². The number of carbonyl (C=O) groups excluding carboxylic acids is 1. The SMILES string of the molecule is O=C1NCCOc2cc(-c3nn(C4CCCCO4)c4ncc(Br)cc34)ccc21. The summed E-state index contributed by atoms with van der Waals surface area (Å²) in [5.74, 6) is 0.460. The van der Waals surface area contributed by atoms with Gasteiger partial charge in [-0.1, -0.05) is 6.07 Å². The Kier molecular flexibility index (Phi) is 4.52. The van der Waals surface area contributed by atoms with Gasteiger partial charge in [0.1, 0.15) is 18.1 Å². The Morgan fingerprint density at radius 1 is 1.21 bits per heavy atom. The molecule has 0 spiro atoms. The number of ether oxygens (including phenoxy) is 2. The van der Waals surface area contributed by atoms with E-state index in [9.17, 15) is 4.79 Å². The summed E-state index contributed by atoms with van der Waals surface area (Å²) in [6.45, 7) is 1.68. The van der Waals surface area contributed by atoms with E-state index in [2.05, 4.69) is 26.2 Å². The minimum atomic E-state index is -0.116. The molecule has 2 aliphatic rings. The largest absolute Gasteiger partial charge is 0.491 e. The van der Waals surface area contributed by atoms with E-state index < -0.39 is 0 Å². The average molecular weight is 443 g/mol. The predicted octanol–water partition coefficient (Wildman–Crippen LogP) is 3.68. The molecule has 7 nitrogen and oxygen atoms in total. The molecule has 144 valence electrons. The normalized spacial score (nSPS) is 19.6. The van der Waals surface area contributed by atoms with Crippen LogP contribution in [0.3, 0.4) is 0 Å². The van der Waals surface area contributed by atoms with Gasteiger partial charge in [0.15, 0.2) is 11.9 Å². The molecule has 1 N–H and O–H groups in total. The second-order valence-electron chi connectivity index (χ2n) is 6.95. The van der Waals surface area contributed by atoms with E-state index in [1.807, 2.05) is 22.9 Å². The minimum Gasteiger partial charge on any atom is -0.491 e. The topological polar surface area (TPSA) is 78.3 Å². The van der Waals surface area contributed by atoms with Crippen LogP contribution in [0.2, 0.25) is 0 Å². The Morgan fingerprint density at radius 2 is 2.14 bits per heavy atom. The highest BCUT2D eigenvalue weighted by molar-refractivity contribution is 9.10. The summed E-state index contributed by atoms with van der Waals surface area (Å²) in [4.78, 5) is 16.8. The third kappa shape index (κ3) is 3.06. The van der Waals surface area contributed by atoms with Crippen molar-refractivity contribution >= 4 is 32.9 Å². The van der Waals surface area contributed by atoms with Gasteiger partial charge in [-0.2, -0.15) is 5.10 Å². The van der Waals surface area contributed by atoms with Gasteiger partial charge in [0.25, 0.3) is 5.91 Å². The van der Waals surface area contributed by atoms with Gasteiger partial charge in [0, 0.05) is 28.2 Å². The van der Waals surface area contributed by atoms with Crippen LogP contribution in [0.25, 0.3) is 22.3 Å². The van der Waals surface area contributed by atoms with E-state index in [1.165, 1.54) is 0 Å². The first-order chi connectivity index (χ1) is 13.7. The third-order valence-corrected chi connectivity index (χ3v) is 5.52. The molecule has 3 aromatic rings. The molecule has 0 radical (unpaired) electrons. The Balaban J connectivity index is 1.65. The number of carbonyl (C=O) groups is 1. The number of pyridine rings is 1. The first kappa shape index (κ1) is 17.6. The van der Waals surface area contributed by atoms with E-state index >= 15 is 0 Å². The Morgan fingerprint density at radius 3 is 3.00 bits per heavy atom. The molecule has 0 aliphatic carbocycles. The zero-order chi connectivity index (χ0) is 19.1.